The van der Waals surface area contributed by atoms with Crippen molar-refractivity contribution in [2.24, 2.45) is 17.8 Å². The Kier molecular flexibility index (Phi) is 13.8. The second-order valence-corrected chi connectivity index (χ2v) is 12.9. The van der Waals surface area contributed by atoms with E-state index in [4.69, 9.17) is 9.47 Å². The van der Waals surface area contributed by atoms with Gasteiger partial charge in [-0.05, 0) is 87.2 Å². The van der Waals surface area contributed by atoms with Gasteiger partial charge in [0.1, 0.15) is 13.2 Å². The maximum Gasteiger partial charge on any atom is 0.336 e. The van der Waals surface area contributed by atoms with Crippen LogP contribution in [0.5, 0.6) is 0 Å². The molecule has 0 bridgehead atoms. The molecule has 6 nitrogen and oxygen atoms in total. The number of benzene rings is 1. The standard InChI is InChI=1S/C36H54O6/c1-6-7-8-9-28-10-12-29(13-11-28)30-14-16-31(17-15-30)32-18-20-33(21-19-32)34(22-41-35(39)24(2)26(4)37)23-42-36(40)25(3)27(5)38/h18-21,26-31,34,37-38H,2-3,6-17,22-23H2,1,4-5H3. The maximum atomic E-state index is 12.3. The van der Waals surface area contributed by atoms with Crippen LogP contribution >= 0.6 is 0 Å². The lowest BCUT2D eigenvalue weighted by atomic mass is 9.68. The lowest BCUT2D eigenvalue weighted by Crippen LogP contribution is -2.25. The molecule has 2 saturated carbocycles. The lowest BCUT2D eigenvalue weighted by molar-refractivity contribution is -0.143. The van der Waals surface area contributed by atoms with Crippen LogP contribution in [0.4, 0.5) is 0 Å². The Hall–Kier alpha value is -2.44. The van der Waals surface area contributed by atoms with E-state index in [1.807, 2.05) is 12.1 Å². The van der Waals surface area contributed by atoms with Gasteiger partial charge in [-0.2, -0.15) is 0 Å². The summed E-state index contributed by atoms with van der Waals surface area (Å²) >= 11 is 0. The Bertz CT molecular complexity index is 974. The highest BCUT2D eigenvalue weighted by Crippen LogP contribution is 2.44. The van der Waals surface area contributed by atoms with E-state index in [1.54, 1.807) is 0 Å². The Morgan fingerprint density at radius 3 is 1.71 bits per heavy atom. The topological polar surface area (TPSA) is 93.1 Å². The molecule has 0 aromatic heterocycles. The van der Waals surface area contributed by atoms with Crippen LogP contribution in [-0.2, 0) is 19.1 Å². The Morgan fingerprint density at radius 1 is 0.786 bits per heavy atom. The molecule has 2 aliphatic carbocycles. The molecule has 42 heavy (non-hydrogen) atoms. The van der Waals surface area contributed by atoms with Gasteiger partial charge >= 0.3 is 11.9 Å². The third-order valence-electron chi connectivity index (χ3n) is 9.79. The zero-order chi connectivity index (χ0) is 30.6. The third kappa shape index (κ3) is 10.1. The van der Waals surface area contributed by atoms with Crippen molar-refractivity contribution in [2.45, 2.75) is 122 Å². The molecule has 3 rings (SSSR count). The molecule has 2 N–H and O–H groups in total. The predicted molar refractivity (Wildman–Crippen MR) is 167 cm³/mol. The first-order chi connectivity index (χ1) is 20.1. The van der Waals surface area contributed by atoms with Gasteiger partial charge in [-0.15, -0.1) is 0 Å². The van der Waals surface area contributed by atoms with Crippen molar-refractivity contribution in [3.8, 4) is 0 Å². The quantitative estimate of drug-likeness (QED) is 0.127. The van der Waals surface area contributed by atoms with Crippen LogP contribution in [0.2, 0.25) is 0 Å². The van der Waals surface area contributed by atoms with Crippen molar-refractivity contribution in [2.75, 3.05) is 13.2 Å². The van der Waals surface area contributed by atoms with Crippen molar-refractivity contribution in [3.05, 3.63) is 59.7 Å². The van der Waals surface area contributed by atoms with Crippen molar-refractivity contribution < 1.29 is 29.3 Å². The fourth-order valence-corrected chi connectivity index (χ4v) is 6.72. The average molecular weight is 583 g/mol. The van der Waals surface area contributed by atoms with Crippen molar-refractivity contribution in [1.82, 2.24) is 0 Å². The molecule has 6 heteroatoms. The second kappa shape index (κ2) is 17.0. The van der Waals surface area contributed by atoms with E-state index in [0.29, 0.717) is 5.92 Å². The highest BCUT2D eigenvalue weighted by molar-refractivity contribution is 5.89. The lowest BCUT2D eigenvalue weighted by Gasteiger charge is -2.38. The van der Waals surface area contributed by atoms with Crippen LogP contribution < -0.4 is 0 Å². The number of rotatable bonds is 15. The minimum Gasteiger partial charge on any atom is -0.461 e. The summed E-state index contributed by atoms with van der Waals surface area (Å²) in [5, 5.41) is 19.3. The summed E-state index contributed by atoms with van der Waals surface area (Å²) in [5.74, 6) is 1.52. The molecule has 2 unspecified atom stereocenters. The molecular weight excluding hydrogens is 528 g/mol. The van der Waals surface area contributed by atoms with Crippen LogP contribution in [0.1, 0.15) is 121 Å². The number of hydrogen-bond acceptors (Lipinski definition) is 6. The van der Waals surface area contributed by atoms with E-state index in [9.17, 15) is 19.8 Å². The summed E-state index contributed by atoms with van der Waals surface area (Å²) in [6.07, 6.45) is 14.3. The SMILES string of the molecule is C=C(C(=O)OCC(COC(=O)C(=C)C(C)O)c1ccc(C2CCC(C3CCC(CCCCC)CC3)CC2)cc1)C(C)O. The van der Waals surface area contributed by atoms with Gasteiger partial charge in [0.05, 0.1) is 29.3 Å². The van der Waals surface area contributed by atoms with Gasteiger partial charge in [-0.1, -0.05) is 82.9 Å². The molecule has 2 aliphatic rings. The Labute approximate surface area is 253 Å². The number of carbonyl (C=O) groups excluding carboxylic acids is 2. The minimum atomic E-state index is -1.01. The molecule has 0 saturated heterocycles. The monoisotopic (exact) mass is 582 g/mol. The summed E-state index contributed by atoms with van der Waals surface area (Å²) in [7, 11) is 0. The van der Waals surface area contributed by atoms with E-state index in [2.05, 4.69) is 32.2 Å². The van der Waals surface area contributed by atoms with E-state index < -0.39 is 30.1 Å². The van der Waals surface area contributed by atoms with Gasteiger partial charge in [0.25, 0.3) is 0 Å². The zero-order valence-corrected chi connectivity index (χ0v) is 26.2. The van der Waals surface area contributed by atoms with Crippen molar-refractivity contribution in [3.63, 3.8) is 0 Å². The molecule has 0 amide bonds. The number of unbranched alkanes of at least 4 members (excludes halogenated alkanes) is 2. The molecule has 2 atom stereocenters. The van der Waals surface area contributed by atoms with E-state index >= 15 is 0 Å². The van der Waals surface area contributed by atoms with Gasteiger partial charge < -0.3 is 19.7 Å². The molecule has 0 radical (unpaired) electrons. The number of carbonyl (C=O) groups is 2. The second-order valence-electron chi connectivity index (χ2n) is 12.9. The minimum absolute atomic E-state index is 0.0285. The van der Waals surface area contributed by atoms with Gasteiger partial charge in [0.2, 0.25) is 0 Å². The van der Waals surface area contributed by atoms with E-state index in [1.165, 1.54) is 96.5 Å². The average Bonchev–Trinajstić information content (AvgIpc) is 3.00. The molecule has 0 spiro atoms. The van der Waals surface area contributed by atoms with Crippen LogP contribution in [0.25, 0.3) is 0 Å². The number of ether oxygens (including phenoxy) is 2. The number of hydrogen-bond donors (Lipinski definition) is 2. The fraction of sp³-hybridized carbons (Fsp3) is 0.667. The van der Waals surface area contributed by atoms with Gasteiger partial charge in [-0.3, -0.25) is 0 Å². The molecule has 2 fully saturated rings. The maximum absolute atomic E-state index is 12.3. The number of aliphatic hydroxyl groups excluding tert-OH is 2. The first-order valence-electron chi connectivity index (χ1n) is 16.3. The predicted octanol–water partition coefficient (Wildman–Crippen LogP) is 7.39. The van der Waals surface area contributed by atoms with Crippen molar-refractivity contribution in [1.29, 1.82) is 0 Å². The van der Waals surface area contributed by atoms with Crippen LogP contribution in [-0.4, -0.2) is 47.6 Å². The summed E-state index contributed by atoms with van der Waals surface area (Å²) in [4.78, 5) is 24.6. The Morgan fingerprint density at radius 2 is 1.26 bits per heavy atom. The summed E-state index contributed by atoms with van der Waals surface area (Å²) in [5.41, 5.74) is 2.15. The van der Waals surface area contributed by atoms with Crippen molar-refractivity contribution >= 4 is 11.9 Å². The van der Waals surface area contributed by atoms with Crippen LogP contribution in [0.3, 0.4) is 0 Å². The largest absolute Gasteiger partial charge is 0.461 e. The Balaban J connectivity index is 1.55. The van der Waals surface area contributed by atoms with Crippen LogP contribution in [0, 0.1) is 17.8 Å². The highest BCUT2D eigenvalue weighted by atomic mass is 16.5. The molecule has 0 aliphatic heterocycles. The fourth-order valence-electron chi connectivity index (χ4n) is 6.72. The molecule has 234 valence electrons. The molecule has 1 aromatic carbocycles. The number of aliphatic hydroxyl groups is 2. The van der Waals surface area contributed by atoms with Gasteiger partial charge in [0, 0.05) is 0 Å². The summed E-state index contributed by atoms with van der Waals surface area (Å²) in [6.45, 7) is 12.3. The first-order valence-corrected chi connectivity index (χ1v) is 16.3. The normalized spacial score (nSPS) is 24.7. The number of esters is 2. The highest BCUT2D eigenvalue weighted by Gasteiger charge is 2.31. The first kappa shape index (κ1) is 34.1. The van der Waals surface area contributed by atoms with Crippen LogP contribution in [0.15, 0.2) is 48.6 Å². The summed E-state index contributed by atoms with van der Waals surface area (Å²) < 4.78 is 10.8. The smallest absolute Gasteiger partial charge is 0.336 e. The zero-order valence-electron chi connectivity index (χ0n) is 26.2. The summed E-state index contributed by atoms with van der Waals surface area (Å²) in [6, 6.07) is 8.37. The third-order valence-corrected chi connectivity index (χ3v) is 9.79. The molecular formula is C36H54O6. The molecule has 1 aromatic rings. The van der Waals surface area contributed by atoms with Gasteiger partial charge in [-0.25, -0.2) is 9.59 Å². The molecule has 0 heterocycles. The van der Waals surface area contributed by atoms with E-state index in [-0.39, 0.29) is 24.4 Å². The van der Waals surface area contributed by atoms with E-state index in [0.717, 1.165) is 23.3 Å². The van der Waals surface area contributed by atoms with Gasteiger partial charge in [0.15, 0.2) is 0 Å².